The number of pyridine rings is 1. The summed E-state index contributed by atoms with van der Waals surface area (Å²) in [4.78, 5) is 4.69. The average molecular weight is 326 g/mol. The van der Waals surface area contributed by atoms with Crippen LogP contribution in [0.5, 0.6) is 5.75 Å². The number of aryl methyl sites for hydroxylation is 1. The summed E-state index contributed by atoms with van der Waals surface area (Å²) in [6, 6.07) is 8.05. The Morgan fingerprint density at radius 3 is 2.50 bits per heavy atom. The van der Waals surface area contributed by atoms with Crippen LogP contribution in [0.1, 0.15) is 59.1 Å². The summed E-state index contributed by atoms with van der Waals surface area (Å²) in [5.41, 5.74) is 9.44. The van der Waals surface area contributed by atoms with Crippen molar-refractivity contribution in [3.63, 3.8) is 0 Å². The van der Waals surface area contributed by atoms with Crippen LogP contribution in [-0.4, -0.2) is 11.1 Å². The number of anilines is 1. The Bertz CT molecular complexity index is 710. The first-order valence-corrected chi connectivity index (χ1v) is 9.23. The molecule has 1 aromatic heterocycles. The molecule has 2 N–H and O–H groups in total. The number of fused-ring (bicyclic) bond motifs is 1. The molecule has 24 heavy (non-hydrogen) atoms. The van der Waals surface area contributed by atoms with E-state index in [2.05, 4.69) is 27.7 Å². The minimum atomic E-state index is 0.291. The highest BCUT2D eigenvalue weighted by Gasteiger charge is 2.30. The molecule has 1 saturated carbocycles. The Balaban J connectivity index is 1.79. The standard InChI is InChI=1S/C21H30N2O/c1-5-15-13-17(22)20-18(23-15)7-6-8-19(20)24-16-11-9-14(10-12-16)21(2,3)4/h6-8,13-14,16H,5,9-12H2,1-4H3,(H2,22,23). The number of nitrogens with two attached hydrogens (primary N) is 1. The number of aromatic nitrogens is 1. The third-order valence-electron chi connectivity index (χ3n) is 5.43. The zero-order valence-electron chi connectivity index (χ0n) is 15.4. The maximum absolute atomic E-state index is 6.36. The van der Waals surface area contributed by atoms with Gasteiger partial charge >= 0.3 is 0 Å². The Kier molecular flexibility index (Phi) is 4.71. The van der Waals surface area contributed by atoms with Gasteiger partial charge in [-0.15, -0.1) is 0 Å². The van der Waals surface area contributed by atoms with E-state index >= 15 is 0 Å². The van der Waals surface area contributed by atoms with Gasteiger partial charge in [-0.05, 0) is 61.6 Å². The van der Waals surface area contributed by atoms with Crippen LogP contribution in [0.4, 0.5) is 5.69 Å². The van der Waals surface area contributed by atoms with E-state index in [1.54, 1.807) is 0 Å². The maximum atomic E-state index is 6.36. The van der Waals surface area contributed by atoms with Crippen molar-refractivity contribution >= 4 is 16.6 Å². The van der Waals surface area contributed by atoms with Crippen molar-refractivity contribution in [2.75, 3.05) is 5.73 Å². The van der Waals surface area contributed by atoms with E-state index in [0.29, 0.717) is 11.5 Å². The molecule has 1 aliphatic carbocycles. The van der Waals surface area contributed by atoms with Gasteiger partial charge in [0.25, 0.3) is 0 Å². The number of hydrogen-bond acceptors (Lipinski definition) is 3. The normalized spacial score (nSPS) is 21.8. The molecular formula is C21H30N2O. The summed E-state index contributed by atoms with van der Waals surface area (Å²) < 4.78 is 6.36. The van der Waals surface area contributed by atoms with Gasteiger partial charge in [-0.2, -0.15) is 0 Å². The molecule has 2 aromatic rings. The number of rotatable bonds is 3. The van der Waals surface area contributed by atoms with Crippen LogP contribution in [0.25, 0.3) is 10.9 Å². The average Bonchev–Trinajstić information content (AvgIpc) is 2.54. The number of benzene rings is 1. The Morgan fingerprint density at radius 1 is 1.17 bits per heavy atom. The van der Waals surface area contributed by atoms with Crippen molar-refractivity contribution in [2.45, 2.75) is 65.9 Å². The number of nitrogens with zero attached hydrogens (tertiary/aromatic N) is 1. The summed E-state index contributed by atoms with van der Waals surface area (Å²) in [5.74, 6) is 1.68. The van der Waals surface area contributed by atoms with Gasteiger partial charge in [-0.1, -0.05) is 33.8 Å². The molecule has 1 fully saturated rings. The monoisotopic (exact) mass is 326 g/mol. The summed E-state index contributed by atoms with van der Waals surface area (Å²) in [7, 11) is 0. The fourth-order valence-electron chi connectivity index (χ4n) is 3.85. The lowest BCUT2D eigenvalue weighted by Gasteiger charge is -2.37. The maximum Gasteiger partial charge on any atom is 0.131 e. The molecule has 0 unspecified atom stereocenters. The van der Waals surface area contributed by atoms with Gasteiger partial charge in [0, 0.05) is 11.4 Å². The molecule has 130 valence electrons. The molecule has 1 heterocycles. The highest BCUT2D eigenvalue weighted by atomic mass is 16.5. The van der Waals surface area contributed by atoms with Crippen LogP contribution < -0.4 is 10.5 Å². The SMILES string of the molecule is CCc1cc(N)c2c(OC3CCC(C(C)(C)C)CC3)cccc2n1. The molecule has 0 radical (unpaired) electrons. The van der Waals surface area contributed by atoms with Crippen LogP contribution in [-0.2, 0) is 6.42 Å². The molecule has 1 aliphatic rings. The number of ether oxygens (including phenoxy) is 1. The minimum Gasteiger partial charge on any atom is -0.490 e. The van der Waals surface area contributed by atoms with E-state index in [1.807, 2.05) is 24.3 Å². The van der Waals surface area contributed by atoms with Crippen LogP contribution in [0.3, 0.4) is 0 Å². The first-order chi connectivity index (χ1) is 11.4. The topological polar surface area (TPSA) is 48.1 Å². The molecule has 0 saturated heterocycles. The van der Waals surface area contributed by atoms with Gasteiger partial charge in [-0.25, -0.2) is 0 Å². The van der Waals surface area contributed by atoms with E-state index < -0.39 is 0 Å². The predicted octanol–water partition coefficient (Wildman–Crippen LogP) is 5.36. The van der Waals surface area contributed by atoms with E-state index in [0.717, 1.165) is 53.2 Å². The fourth-order valence-corrected chi connectivity index (χ4v) is 3.85. The second-order valence-corrected chi connectivity index (χ2v) is 8.16. The fraction of sp³-hybridized carbons (Fsp3) is 0.571. The quantitative estimate of drug-likeness (QED) is 0.825. The highest BCUT2D eigenvalue weighted by Crippen LogP contribution is 2.40. The smallest absolute Gasteiger partial charge is 0.131 e. The molecule has 3 heteroatoms. The molecule has 0 atom stereocenters. The van der Waals surface area contributed by atoms with Gasteiger partial charge in [0.15, 0.2) is 0 Å². The first-order valence-electron chi connectivity index (χ1n) is 9.23. The van der Waals surface area contributed by atoms with Crippen molar-refractivity contribution < 1.29 is 4.74 Å². The first kappa shape index (κ1) is 17.1. The van der Waals surface area contributed by atoms with E-state index in [9.17, 15) is 0 Å². The number of nitrogen functional groups attached to an aromatic ring is 1. The van der Waals surface area contributed by atoms with Crippen molar-refractivity contribution in [3.05, 3.63) is 30.0 Å². The van der Waals surface area contributed by atoms with Gasteiger partial charge in [0.2, 0.25) is 0 Å². The van der Waals surface area contributed by atoms with Crippen LogP contribution >= 0.6 is 0 Å². The summed E-state index contributed by atoms with van der Waals surface area (Å²) in [6.07, 6.45) is 5.91. The van der Waals surface area contributed by atoms with E-state index in [1.165, 1.54) is 12.8 Å². The van der Waals surface area contributed by atoms with Crippen molar-refractivity contribution in [3.8, 4) is 5.75 Å². The second-order valence-electron chi connectivity index (χ2n) is 8.16. The van der Waals surface area contributed by atoms with Crippen LogP contribution in [0, 0.1) is 11.3 Å². The van der Waals surface area contributed by atoms with Crippen molar-refractivity contribution in [2.24, 2.45) is 11.3 Å². The lowest BCUT2D eigenvalue weighted by atomic mass is 9.72. The summed E-state index contributed by atoms with van der Waals surface area (Å²) in [6.45, 7) is 9.14. The van der Waals surface area contributed by atoms with E-state index in [4.69, 9.17) is 15.5 Å². The Hall–Kier alpha value is -1.77. The molecule has 1 aromatic carbocycles. The molecule has 0 spiro atoms. The van der Waals surface area contributed by atoms with Crippen molar-refractivity contribution in [1.82, 2.24) is 4.98 Å². The van der Waals surface area contributed by atoms with Gasteiger partial charge in [0.05, 0.1) is 17.0 Å². The van der Waals surface area contributed by atoms with Crippen molar-refractivity contribution in [1.29, 1.82) is 0 Å². The largest absolute Gasteiger partial charge is 0.490 e. The summed E-state index contributed by atoms with van der Waals surface area (Å²) in [5, 5.41) is 0.965. The molecule has 3 nitrogen and oxygen atoms in total. The molecule has 3 rings (SSSR count). The highest BCUT2D eigenvalue weighted by molar-refractivity contribution is 5.95. The molecule has 0 amide bonds. The second kappa shape index (κ2) is 6.62. The lowest BCUT2D eigenvalue weighted by molar-refractivity contribution is 0.0892. The molecule has 0 aliphatic heterocycles. The van der Waals surface area contributed by atoms with Gasteiger partial charge < -0.3 is 10.5 Å². The minimum absolute atomic E-state index is 0.291. The summed E-state index contributed by atoms with van der Waals surface area (Å²) >= 11 is 0. The third kappa shape index (κ3) is 3.50. The van der Waals surface area contributed by atoms with Gasteiger partial charge in [0.1, 0.15) is 5.75 Å². The predicted molar refractivity (Wildman–Crippen MR) is 101 cm³/mol. The van der Waals surface area contributed by atoms with Gasteiger partial charge in [-0.3, -0.25) is 4.98 Å². The molecular weight excluding hydrogens is 296 g/mol. The number of hydrogen-bond donors (Lipinski definition) is 1. The Morgan fingerprint density at radius 2 is 1.88 bits per heavy atom. The van der Waals surface area contributed by atoms with Crippen LogP contribution in [0.15, 0.2) is 24.3 Å². The molecule has 0 bridgehead atoms. The zero-order chi connectivity index (χ0) is 17.3. The third-order valence-corrected chi connectivity index (χ3v) is 5.43. The lowest BCUT2D eigenvalue weighted by Crippen LogP contribution is -2.30. The Labute approximate surface area is 145 Å². The zero-order valence-corrected chi connectivity index (χ0v) is 15.4. The van der Waals surface area contributed by atoms with E-state index in [-0.39, 0.29) is 0 Å². The van der Waals surface area contributed by atoms with Crippen LogP contribution in [0.2, 0.25) is 0 Å².